The standard InChI is InChI=1S/C11H13N5/c12-10-4-7-15-11(16-10)14-6-3-9-2-1-5-13-8-9/h1-2,4-5,7-8H,3,6H2,(H3,12,14,15,16). The fourth-order valence-corrected chi connectivity index (χ4v) is 1.32. The molecule has 82 valence electrons. The van der Waals surface area contributed by atoms with E-state index in [1.165, 1.54) is 5.56 Å². The second-order valence-corrected chi connectivity index (χ2v) is 3.34. The van der Waals surface area contributed by atoms with Crippen LogP contribution >= 0.6 is 0 Å². The Hall–Kier alpha value is -2.17. The molecule has 5 heteroatoms. The van der Waals surface area contributed by atoms with Gasteiger partial charge in [-0.25, -0.2) is 4.98 Å². The summed E-state index contributed by atoms with van der Waals surface area (Å²) in [7, 11) is 0. The highest BCUT2D eigenvalue weighted by molar-refractivity contribution is 5.35. The molecule has 0 spiro atoms. The van der Waals surface area contributed by atoms with Crippen LogP contribution in [0.1, 0.15) is 5.56 Å². The number of nitrogens with two attached hydrogens (primary N) is 1. The third-order valence-corrected chi connectivity index (χ3v) is 2.10. The molecule has 5 nitrogen and oxygen atoms in total. The van der Waals surface area contributed by atoms with Gasteiger partial charge >= 0.3 is 0 Å². The highest BCUT2D eigenvalue weighted by Gasteiger charge is 1.96. The summed E-state index contributed by atoms with van der Waals surface area (Å²) < 4.78 is 0. The van der Waals surface area contributed by atoms with E-state index in [1.807, 2.05) is 18.3 Å². The summed E-state index contributed by atoms with van der Waals surface area (Å²) in [5, 5.41) is 3.10. The predicted molar refractivity (Wildman–Crippen MR) is 62.9 cm³/mol. The van der Waals surface area contributed by atoms with Crippen molar-refractivity contribution in [2.45, 2.75) is 6.42 Å². The highest BCUT2D eigenvalue weighted by atomic mass is 15.1. The molecule has 0 bridgehead atoms. The lowest BCUT2D eigenvalue weighted by Gasteiger charge is -2.04. The fourth-order valence-electron chi connectivity index (χ4n) is 1.32. The van der Waals surface area contributed by atoms with Gasteiger partial charge in [0.1, 0.15) is 5.82 Å². The van der Waals surface area contributed by atoms with Gasteiger partial charge in [0.2, 0.25) is 5.95 Å². The highest BCUT2D eigenvalue weighted by Crippen LogP contribution is 2.02. The van der Waals surface area contributed by atoms with E-state index in [0.717, 1.165) is 13.0 Å². The minimum absolute atomic E-state index is 0.471. The molecule has 0 aliphatic carbocycles. The molecule has 2 aromatic rings. The average molecular weight is 215 g/mol. The molecule has 0 aromatic carbocycles. The Bertz CT molecular complexity index is 443. The summed E-state index contributed by atoms with van der Waals surface area (Å²) in [6, 6.07) is 5.62. The van der Waals surface area contributed by atoms with Crippen LogP contribution in [0, 0.1) is 0 Å². The van der Waals surface area contributed by atoms with Crippen LogP contribution in [-0.4, -0.2) is 21.5 Å². The topological polar surface area (TPSA) is 76.7 Å². The van der Waals surface area contributed by atoms with Crippen molar-refractivity contribution in [2.24, 2.45) is 0 Å². The Labute approximate surface area is 93.8 Å². The zero-order valence-electron chi connectivity index (χ0n) is 8.80. The molecule has 0 fully saturated rings. The van der Waals surface area contributed by atoms with Gasteiger partial charge in [-0.05, 0) is 24.1 Å². The predicted octanol–water partition coefficient (Wildman–Crippen LogP) is 1.11. The Morgan fingerprint density at radius 2 is 2.19 bits per heavy atom. The molecule has 2 heterocycles. The van der Waals surface area contributed by atoms with Crippen LogP contribution in [0.25, 0.3) is 0 Å². The van der Waals surface area contributed by atoms with Crippen molar-refractivity contribution in [3.05, 3.63) is 42.4 Å². The molecule has 16 heavy (non-hydrogen) atoms. The first-order chi connectivity index (χ1) is 7.84. The lowest BCUT2D eigenvalue weighted by atomic mass is 10.2. The number of pyridine rings is 1. The van der Waals surface area contributed by atoms with E-state index in [2.05, 4.69) is 20.3 Å². The minimum Gasteiger partial charge on any atom is -0.384 e. The maximum absolute atomic E-state index is 5.54. The number of nitrogens with one attached hydrogen (secondary N) is 1. The van der Waals surface area contributed by atoms with Crippen LogP contribution in [0.4, 0.5) is 11.8 Å². The number of nitrogen functional groups attached to an aromatic ring is 1. The van der Waals surface area contributed by atoms with Crippen molar-refractivity contribution in [2.75, 3.05) is 17.6 Å². The SMILES string of the molecule is Nc1ccnc(NCCc2cccnc2)n1. The van der Waals surface area contributed by atoms with Gasteiger partial charge in [0.15, 0.2) is 0 Å². The molecule has 2 rings (SSSR count). The molecule has 0 saturated carbocycles. The smallest absolute Gasteiger partial charge is 0.224 e. The molecule has 0 radical (unpaired) electrons. The lowest BCUT2D eigenvalue weighted by molar-refractivity contribution is 0.976. The second kappa shape index (κ2) is 5.06. The first-order valence-corrected chi connectivity index (χ1v) is 5.06. The van der Waals surface area contributed by atoms with Gasteiger partial charge in [0, 0.05) is 25.1 Å². The molecule has 0 atom stereocenters. The normalized spacial score (nSPS) is 10.0. The van der Waals surface area contributed by atoms with E-state index in [4.69, 9.17) is 5.73 Å². The number of aromatic nitrogens is 3. The van der Waals surface area contributed by atoms with Crippen molar-refractivity contribution in [3.8, 4) is 0 Å². The van der Waals surface area contributed by atoms with Crippen molar-refractivity contribution >= 4 is 11.8 Å². The Kier molecular flexibility index (Phi) is 3.28. The van der Waals surface area contributed by atoms with Gasteiger partial charge in [0.25, 0.3) is 0 Å². The third kappa shape index (κ3) is 2.91. The van der Waals surface area contributed by atoms with Crippen molar-refractivity contribution in [1.82, 2.24) is 15.0 Å². The summed E-state index contributed by atoms with van der Waals surface area (Å²) in [5.74, 6) is 1.03. The summed E-state index contributed by atoms with van der Waals surface area (Å²) in [6.07, 6.45) is 6.13. The van der Waals surface area contributed by atoms with Crippen LogP contribution in [0.15, 0.2) is 36.8 Å². The second-order valence-electron chi connectivity index (χ2n) is 3.34. The van der Waals surface area contributed by atoms with Crippen LogP contribution in [0.2, 0.25) is 0 Å². The van der Waals surface area contributed by atoms with Crippen LogP contribution in [0.3, 0.4) is 0 Å². The van der Waals surface area contributed by atoms with Crippen molar-refractivity contribution in [3.63, 3.8) is 0 Å². The van der Waals surface area contributed by atoms with E-state index >= 15 is 0 Å². The van der Waals surface area contributed by atoms with Gasteiger partial charge in [-0.2, -0.15) is 4.98 Å². The number of hydrogen-bond donors (Lipinski definition) is 2. The number of rotatable bonds is 4. The number of nitrogens with zero attached hydrogens (tertiary/aromatic N) is 3. The van der Waals surface area contributed by atoms with Crippen molar-refractivity contribution < 1.29 is 0 Å². The minimum atomic E-state index is 0.471. The zero-order chi connectivity index (χ0) is 11.2. The van der Waals surface area contributed by atoms with Gasteiger partial charge < -0.3 is 11.1 Å². The van der Waals surface area contributed by atoms with Gasteiger partial charge in [0.05, 0.1) is 0 Å². The van der Waals surface area contributed by atoms with Gasteiger partial charge in [-0.1, -0.05) is 6.07 Å². The summed E-state index contributed by atoms with van der Waals surface area (Å²) in [5.41, 5.74) is 6.72. The monoisotopic (exact) mass is 215 g/mol. The van der Waals surface area contributed by atoms with Gasteiger partial charge in [-0.15, -0.1) is 0 Å². The summed E-state index contributed by atoms with van der Waals surface area (Å²) in [6.45, 7) is 0.759. The molecule has 0 aliphatic rings. The van der Waals surface area contributed by atoms with Crippen molar-refractivity contribution in [1.29, 1.82) is 0 Å². The molecule has 0 amide bonds. The van der Waals surface area contributed by atoms with Gasteiger partial charge in [-0.3, -0.25) is 4.98 Å². The molecular weight excluding hydrogens is 202 g/mol. The van der Waals surface area contributed by atoms with E-state index < -0.39 is 0 Å². The quantitative estimate of drug-likeness (QED) is 0.798. The number of hydrogen-bond acceptors (Lipinski definition) is 5. The largest absolute Gasteiger partial charge is 0.384 e. The Morgan fingerprint density at radius 1 is 1.25 bits per heavy atom. The first-order valence-electron chi connectivity index (χ1n) is 5.06. The molecule has 3 N–H and O–H groups in total. The number of anilines is 2. The summed E-state index contributed by atoms with van der Waals surface area (Å²) >= 11 is 0. The van der Waals surface area contributed by atoms with Crippen LogP contribution in [-0.2, 0) is 6.42 Å². The van der Waals surface area contributed by atoms with Crippen LogP contribution < -0.4 is 11.1 Å². The molecule has 0 unspecified atom stereocenters. The van der Waals surface area contributed by atoms with E-state index in [9.17, 15) is 0 Å². The molecule has 0 aliphatic heterocycles. The third-order valence-electron chi connectivity index (χ3n) is 2.10. The lowest BCUT2D eigenvalue weighted by Crippen LogP contribution is -2.08. The van der Waals surface area contributed by atoms with E-state index in [-0.39, 0.29) is 0 Å². The Balaban J connectivity index is 1.85. The zero-order valence-corrected chi connectivity index (χ0v) is 8.80. The molecular formula is C11H13N5. The molecule has 2 aromatic heterocycles. The summed E-state index contributed by atoms with van der Waals surface area (Å²) in [4.78, 5) is 12.1. The maximum Gasteiger partial charge on any atom is 0.224 e. The van der Waals surface area contributed by atoms with E-state index in [0.29, 0.717) is 11.8 Å². The fraction of sp³-hybridized carbons (Fsp3) is 0.182. The Morgan fingerprint density at radius 3 is 2.94 bits per heavy atom. The average Bonchev–Trinajstić information content (AvgIpc) is 2.30. The maximum atomic E-state index is 5.54. The van der Waals surface area contributed by atoms with E-state index in [1.54, 1.807) is 18.5 Å². The molecule has 0 saturated heterocycles. The first kappa shape index (κ1) is 10.4. The van der Waals surface area contributed by atoms with Crippen LogP contribution in [0.5, 0.6) is 0 Å².